The molecule has 12 rings (SSSR count). The van der Waals surface area contributed by atoms with Crippen LogP contribution in [0.4, 0.5) is 0 Å². The summed E-state index contributed by atoms with van der Waals surface area (Å²) in [5.74, 6) is 1.49. The number of imidazole rings is 1. The first kappa shape index (κ1) is 32.3. The van der Waals surface area contributed by atoms with Crippen molar-refractivity contribution in [2.75, 3.05) is 0 Å². The van der Waals surface area contributed by atoms with Crippen molar-refractivity contribution in [1.82, 2.24) is 28.9 Å². The Hall–Kier alpha value is -7.96. The van der Waals surface area contributed by atoms with E-state index >= 15 is 0 Å². The minimum Gasteiger partial charge on any atom is -0.278 e. The zero-order valence-electron chi connectivity index (χ0n) is 31.2. The average molecular weight is 741 g/mol. The fourth-order valence-electron chi connectivity index (χ4n) is 8.66. The predicted octanol–water partition coefficient (Wildman–Crippen LogP) is 12.7. The molecule has 58 heavy (non-hydrogen) atoms. The molecule has 6 nitrogen and oxygen atoms in total. The number of para-hydroxylation sites is 4. The number of rotatable bonds is 5. The summed E-state index contributed by atoms with van der Waals surface area (Å²) in [5, 5.41) is 5.60. The first-order valence-corrected chi connectivity index (χ1v) is 19.5. The van der Waals surface area contributed by atoms with Gasteiger partial charge < -0.3 is 0 Å². The monoisotopic (exact) mass is 740 g/mol. The van der Waals surface area contributed by atoms with E-state index in [0.717, 1.165) is 105 Å². The third-order valence-corrected chi connectivity index (χ3v) is 11.3. The lowest BCUT2D eigenvalue weighted by molar-refractivity contribution is 0.982. The fraction of sp³-hybridized carbons (Fsp3) is 0. The van der Waals surface area contributed by atoms with Crippen LogP contribution in [-0.4, -0.2) is 28.9 Å². The van der Waals surface area contributed by atoms with Crippen LogP contribution in [0, 0.1) is 0 Å². The molecule has 0 unspecified atom stereocenters. The Kier molecular flexibility index (Phi) is 7.13. The van der Waals surface area contributed by atoms with Crippen molar-refractivity contribution >= 4 is 60.2 Å². The third-order valence-electron chi connectivity index (χ3n) is 11.3. The van der Waals surface area contributed by atoms with Gasteiger partial charge in [0.05, 0.1) is 39.0 Å². The van der Waals surface area contributed by atoms with Gasteiger partial charge in [0, 0.05) is 38.2 Å². The van der Waals surface area contributed by atoms with Crippen molar-refractivity contribution in [2.45, 2.75) is 0 Å². The van der Waals surface area contributed by atoms with Crippen molar-refractivity contribution in [3.8, 4) is 51.0 Å². The molecule has 0 atom stereocenters. The average Bonchev–Trinajstić information content (AvgIpc) is 3.86. The Labute approximate surface area is 333 Å². The molecule has 0 fully saturated rings. The number of aromatic nitrogens is 6. The van der Waals surface area contributed by atoms with Gasteiger partial charge in [-0.05, 0) is 65.0 Å². The van der Waals surface area contributed by atoms with Gasteiger partial charge in [-0.2, -0.15) is 0 Å². The Bertz CT molecular complexity index is 3510. The molecule has 8 aromatic carbocycles. The van der Waals surface area contributed by atoms with Gasteiger partial charge in [-0.15, -0.1) is 0 Å². The molecule has 0 N–H and O–H groups in total. The standard InChI is InChI=1S/C52H32N6/c1-3-16-33(17-4-1)45-32-46(34-18-5-2-6-19-34)54-50(53-45)36-21-15-20-35(30-36)41-31-42-38-23-10-13-28-47(38)57(49(42)39-24-8-7-22-37(39)41)52-56-43-26-11-9-25-40(43)51-55-44-27-12-14-29-48(44)58(51)52/h1-32H. The molecule has 0 amide bonds. The fourth-order valence-corrected chi connectivity index (χ4v) is 8.66. The summed E-state index contributed by atoms with van der Waals surface area (Å²) in [7, 11) is 0. The van der Waals surface area contributed by atoms with Gasteiger partial charge >= 0.3 is 0 Å². The third kappa shape index (κ3) is 4.98. The van der Waals surface area contributed by atoms with E-state index in [1.165, 1.54) is 0 Å². The number of fused-ring (bicyclic) bond motifs is 10. The van der Waals surface area contributed by atoms with Crippen LogP contribution >= 0.6 is 0 Å². The second kappa shape index (κ2) is 12.8. The van der Waals surface area contributed by atoms with Crippen LogP contribution in [0.25, 0.3) is 111 Å². The van der Waals surface area contributed by atoms with Crippen LogP contribution in [0.2, 0.25) is 0 Å². The maximum Gasteiger partial charge on any atom is 0.221 e. The molecule has 0 saturated carbocycles. The second-order valence-electron chi connectivity index (χ2n) is 14.7. The molecule has 0 aliphatic carbocycles. The van der Waals surface area contributed by atoms with Gasteiger partial charge in [0.1, 0.15) is 5.65 Å². The summed E-state index contributed by atoms with van der Waals surface area (Å²) in [6.07, 6.45) is 0. The molecule has 0 spiro atoms. The highest BCUT2D eigenvalue weighted by atomic mass is 15.2. The quantitative estimate of drug-likeness (QED) is 0.176. The van der Waals surface area contributed by atoms with E-state index in [0.29, 0.717) is 5.82 Å². The highest BCUT2D eigenvalue weighted by Gasteiger charge is 2.23. The zero-order valence-corrected chi connectivity index (χ0v) is 31.2. The van der Waals surface area contributed by atoms with E-state index in [1.807, 2.05) is 24.3 Å². The zero-order chi connectivity index (χ0) is 38.2. The highest BCUT2D eigenvalue weighted by Crippen LogP contribution is 2.42. The molecule has 0 aliphatic rings. The largest absolute Gasteiger partial charge is 0.278 e. The molecule has 4 heterocycles. The van der Waals surface area contributed by atoms with Gasteiger partial charge in [0.15, 0.2) is 5.82 Å². The first-order valence-electron chi connectivity index (χ1n) is 19.5. The number of nitrogens with zero attached hydrogens (tertiary/aromatic N) is 6. The molecule has 270 valence electrons. The molecule has 0 radical (unpaired) electrons. The topological polar surface area (TPSA) is 60.9 Å². The van der Waals surface area contributed by atoms with Crippen LogP contribution in [0.15, 0.2) is 194 Å². The van der Waals surface area contributed by atoms with Crippen LogP contribution in [-0.2, 0) is 0 Å². The Morgan fingerprint density at radius 1 is 0.345 bits per heavy atom. The minimum absolute atomic E-state index is 0.683. The predicted molar refractivity (Wildman–Crippen MR) is 237 cm³/mol. The number of benzene rings is 8. The summed E-state index contributed by atoms with van der Waals surface area (Å²) in [5.41, 5.74) is 13.0. The molecule has 6 heteroatoms. The first-order chi connectivity index (χ1) is 28.8. The minimum atomic E-state index is 0.683. The van der Waals surface area contributed by atoms with Crippen molar-refractivity contribution < 1.29 is 0 Å². The molecule has 12 aromatic rings. The Balaban J connectivity index is 1.12. The SMILES string of the molecule is c1ccc(-c2cc(-c3ccccc3)nc(-c3cccc(-c4cc5c6ccccc6n(-c6nc7ccccc7c7nc8ccccc8n67)c5c5ccccc45)c3)n2)cc1. The van der Waals surface area contributed by atoms with Crippen LogP contribution < -0.4 is 0 Å². The lowest BCUT2D eigenvalue weighted by Crippen LogP contribution is -2.06. The van der Waals surface area contributed by atoms with Crippen molar-refractivity contribution in [1.29, 1.82) is 0 Å². The Morgan fingerprint density at radius 3 is 1.66 bits per heavy atom. The van der Waals surface area contributed by atoms with Crippen molar-refractivity contribution in [3.63, 3.8) is 0 Å². The van der Waals surface area contributed by atoms with Crippen LogP contribution in [0.1, 0.15) is 0 Å². The smallest absolute Gasteiger partial charge is 0.221 e. The molecule has 0 aliphatic heterocycles. The highest BCUT2D eigenvalue weighted by molar-refractivity contribution is 6.22. The second-order valence-corrected chi connectivity index (χ2v) is 14.7. The molecule has 0 saturated heterocycles. The lowest BCUT2D eigenvalue weighted by atomic mass is 9.94. The van der Waals surface area contributed by atoms with Crippen LogP contribution in [0.3, 0.4) is 0 Å². The molecule has 0 bridgehead atoms. The molecule has 4 aromatic heterocycles. The summed E-state index contributed by atoms with van der Waals surface area (Å²) in [4.78, 5) is 20.9. The lowest BCUT2D eigenvalue weighted by Gasteiger charge is -2.15. The van der Waals surface area contributed by atoms with E-state index in [9.17, 15) is 0 Å². The van der Waals surface area contributed by atoms with Gasteiger partial charge in [-0.1, -0.05) is 146 Å². The van der Waals surface area contributed by atoms with E-state index in [1.54, 1.807) is 0 Å². The molecular weight excluding hydrogens is 709 g/mol. The Morgan fingerprint density at radius 2 is 0.914 bits per heavy atom. The maximum atomic E-state index is 5.43. The maximum absolute atomic E-state index is 5.43. The van der Waals surface area contributed by atoms with Gasteiger partial charge in [-0.25, -0.2) is 19.9 Å². The van der Waals surface area contributed by atoms with Crippen molar-refractivity contribution in [2.24, 2.45) is 0 Å². The van der Waals surface area contributed by atoms with Crippen molar-refractivity contribution in [3.05, 3.63) is 194 Å². The molecular formula is C52H32N6. The summed E-state index contributed by atoms with van der Waals surface area (Å²) < 4.78 is 4.57. The van der Waals surface area contributed by atoms with E-state index in [2.05, 4.69) is 179 Å². The van der Waals surface area contributed by atoms with E-state index in [-0.39, 0.29) is 0 Å². The van der Waals surface area contributed by atoms with Gasteiger partial charge in [0.2, 0.25) is 5.95 Å². The van der Waals surface area contributed by atoms with Gasteiger partial charge in [-0.3, -0.25) is 8.97 Å². The number of hydrogen-bond donors (Lipinski definition) is 0. The van der Waals surface area contributed by atoms with E-state index < -0.39 is 0 Å². The van der Waals surface area contributed by atoms with Gasteiger partial charge in [0.25, 0.3) is 0 Å². The van der Waals surface area contributed by atoms with Crippen LogP contribution in [0.5, 0.6) is 0 Å². The van der Waals surface area contributed by atoms with E-state index in [4.69, 9.17) is 19.9 Å². The summed E-state index contributed by atoms with van der Waals surface area (Å²) in [6, 6.07) is 67.8. The normalized spacial score (nSPS) is 11.8. The summed E-state index contributed by atoms with van der Waals surface area (Å²) >= 11 is 0. The number of hydrogen-bond acceptors (Lipinski definition) is 4. The summed E-state index contributed by atoms with van der Waals surface area (Å²) in [6.45, 7) is 0.